The number of hydrogen-bond acceptors (Lipinski definition) is 4. The third kappa shape index (κ3) is 6.09. The highest BCUT2D eigenvalue weighted by Gasteiger charge is 2.23. The van der Waals surface area contributed by atoms with Crippen molar-refractivity contribution < 1.29 is 0 Å². The number of halogens is 1. The van der Waals surface area contributed by atoms with E-state index < -0.39 is 0 Å². The van der Waals surface area contributed by atoms with Crippen LogP contribution < -0.4 is 15.5 Å². The zero-order valence-electron chi connectivity index (χ0n) is 18.3. The molecule has 31 heavy (non-hydrogen) atoms. The minimum Gasteiger partial charge on any atom is -0.369 e. The summed E-state index contributed by atoms with van der Waals surface area (Å²) in [6, 6.07) is 15.2. The van der Waals surface area contributed by atoms with Crippen LogP contribution in [0.2, 0.25) is 0 Å². The Morgan fingerprint density at radius 3 is 2.81 bits per heavy atom. The lowest BCUT2D eigenvalue weighted by Crippen LogP contribution is -2.44. The minimum atomic E-state index is 0. The molecule has 166 valence electrons. The second kappa shape index (κ2) is 11.3. The number of guanidine groups is 1. The molecule has 0 aliphatic carbocycles. The highest BCUT2D eigenvalue weighted by molar-refractivity contribution is 14.0. The molecule has 1 aliphatic rings. The molecule has 0 saturated carbocycles. The van der Waals surface area contributed by atoms with Crippen LogP contribution >= 0.6 is 24.0 Å². The molecule has 8 heteroatoms. The van der Waals surface area contributed by atoms with Crippen LogP contribution in [0, 0.1) is 6.92 Å². The Kier molecular flexibility index (Phi) is 8.51. The lowest BCUT2D eigenvalue weighted by Gasteiger charge is -2.20. The van der Waals surface area contributed by atoms with Crippen molar-refractivity contribution in [3.63, 3.8) is 0 Å². The van der Waals surface area contributed by atoms with E-state index in [1.54, 1.807) is 0 Å². The molecule has 1 atom stereocenters. The molecule has 3 aromatic rings. The van der Waals surface area contributed by atoms with Crippen molar-refractivity contribution in [2.24, 2.45) is 4.99 Å². The zero-order valence-corrected chi connectivity index (χ0v) is 20.6. The molecule has 0 amide bonds. The van der Waals surface area contributed by atoms with E-state index in [1.165, 1.54) is 11.3 Å². The van der Waals surface area contributed by atoms with E-state index in [2.05, 4.69) is 63.8 Å². The number of pyridine rings is 1. The van der Waals surface area contributed by atoms with Gasteiger partial charge < -0.3 is 15.5 Å². The van der Waals surface area contributed by atoms with Gasteiger partial charge in [0.1, 0.15) is 5.82 Å². The minimum absolute atomic E-state index is 0. The molecule has 1 aromatic carbocycles. The summed E-state index contributed by atoms with van der Waals surface area (Å²) in [5.41, 5.74) is 3.49. The third-order valence-electron chi connectivity index (χ3n) is 5.49. The molecule has 1 saturated heterocycles. The van der Waals surface area contributed by atoms with Crippen molar-refractivity contribution in [1.82, 2.24) is 25.2 Å². The number of rotatable bonds is 7. The van der Waals surface area contributed by atoms with Gasteiger partial charge in [0, 0.05) is 50.5 Å². The van der Waals surface area contributed by atoms with Crippen LogP contribution in [0.5, 0.6) is 0 Å². The SMILES string of the molecule is CCNC(=NCCCc1nnc2ccccn12)NC1CCN(c2ccc(C)cc2)C1.I. The fraction of sp³-hybridized carbons (Fsp3) is 0.435. The Hall–Kier alpha value is -2.36. The van der Waals surface area contributed by atoms with E-state index in [0.29, 0.717) is 6.04 Å². The van der Waals surface area contributed by atoms with Gasteiger partial charge in [-0.25, -0.2) is 0 Å². The van der Waals surface area contributed by atoms with E-state index >= 15 is 0 Å². The van der Waals surface area contributed by atoms with Crippen molar-refractivity contribution in [3.05, 3.63) is 60.0 Å². The van der Waals surface area contributed by atoms with E-state index in [-0.39, 0.29) is 24.0 Å². The fourth-order valence-corrected chi connectivity index (χ4v) is 3.87. The average Bonchev–Trinajstić information content (AvgIpc) is 3.39. The maximum absolute atomic E-state index is 4.78. The van der Waals surface area contributed by atoms with Crippen LogP contribution in [0.1, 0.15) is 31.2 Å². The highest BCUT2D eigenvalue weighted by atomic mass is 127. The van der Waals surface area contributed by atoms with Gasteiger partial charge >= 0.3 is 0 Å². The first-order valence-corrected chi connectivity index (χ1v) is 10.9. The second-order valence-electron chi connectivity index (χ2n) is 7.82. The maximum Gasteiger partial charge on any atom is 0.191 e. The number of anilines is 1. The standard InChI is InChI=1S/C23H31N7.HI/c1-3-24-23(25-14-6-8-22-28-27-21-7-4-5-15-30(21)22)26-19-13-16-29(17-19)20-11-9-18(2)10-12-20;/h4-5,7,9-12,15,19H,3,6,8,13-14,16-17H2,1-2H3,(H2,24,25,26);1H. The van der Waals surface area contributed by atoms with Crippen LogP contribution in [0.25, 0.3) is 5.65 Å². The summed E-state index contributed by atoms with van der Waals surface area (Å²) < 4.78 is 2.05. The molecule has 0 radical (unpaired) electrons. The lowest BCUT2D eigenvalue weighted by atomic mass is 10.2. The van der Waals surface area contributed by atoms with Crippen molar-refractivity contribution in [3.8, 4) is 0 Å². The topological polar surface area (TPSA) is 69.8 Å². The molecular weight excluding hydrogens is 501 g/mol. The van der Waals surface area contributed by atoms with E-state index in [1.807, 2.05) is 28.8 Å². The normalized spacial score (nSPS) is 16.4. The molecule has 3 heterocycles. The molecule has 0 bridgehead atoms. The molecule has 1 unspecified atom stereocenters. The predicted octanol–water partition coefficient (Wildman–Crippen LogP) is 3.42. The highest BCUT2D eigenvalue weighted by Crippen LogP contribution is 2.20. The Bertz CT molecular complexity index is 983. The van der Waals surface area contributed by atoms with Gasteiger partial charge in [0.15, 0.2) is 11.6 Å². The summed E-state index contributed by atoms with van der Waals surface area (Å²) in [4.78, 5) is 7.23. The molecular formula is C23H32IN7. The molecule has 2 aromatic heterocycles. The molecule has 0 spiro atoms. The largest absolute Gasteiger partial charge is 0.369 e. The number of benzene rings is 1. The van der Waals surface area contributed by atoms with Crippen LogP contribution in [0.15, 0.2) is 53.7 Å². The number of aryl methyl sites for hydroxylation is 2. The van der Waals surface area contributed by atoms with Gasteiger partial charge in [0.05, 0.1) is 0 Å². The third-order valence-corrected chi connectivity index (χ3v) is 5.49. The molecule has 7 nitrogen and oxygen atoms in total. The van der Waals surface area contributed by atoms with Gasteiger partial charge in [-0.05, 0) is 51.0 Å². The van der Waals surface area contributed by atoms with Gasteiger partial charge in [-0.3, -0.25) is 9.39 Å². The zero-order chi connectivity index (χ0) is 20.8. The second-order valence-corrected chi connectivity index (χ2v) is 7.82. The average molecular weight is 533 g/mol. The quantitative estimate of drug-likeness (QED) is 0.211. The molecule has 1 aliphatic heterocycles. The summed E-state index contributed by atoms with van der Waals surface area (Å²) in [6.07, 6.45) is 4.93. The number of aliphatic imine (C=N–C) groups is 1. The van der Waals surface area contributed by atoms with Crippen molar-refractivity contribution in [2.75, 3.05) is 31.1 Å². The van der Waals surface area contributed by atoms with E-state index in [0.717, 1.165) is 62.9 Å². The Morgan fingerprint density at radius 2 is 2.00 bits per heavy atom. The van der Waals surface area contributed by atoms with Crippen molar-refractivity contribution in [1.29, 1.82) is 0 Å². The van der Waals surface area contributed by atoms with Crippen LogP contribution in [0.3, 0.4) is 0 Å². The number of nitrogens with zero attached hydrogens (tertiary/aromatic N) is 5. The van der Waals surface area contributed by atoms with Crippen LogP contribution in [0.4, 0.5) is 5.69 Å². The Morgan fingerprint density at radius 1 is 1.16 bits per heavy atom. The van der Waals surface area contributed by atoms with Gasteiger partial charge in [0.2, 0.25) is 0 Å². The Labute approximate surface area is 201 Å². The van der Waals surface area contributed by atoms with Gasteiger partial charge in [-0.2, -0.15) is 0 Å². The number of aromatic nitrogens is 3. The van der Waals surface area contributed by atoms with E-state index in [4.69, 9.17) is 4.99 Å². The first kappa shape index (κ1) is 23.3. The number of nitrogens with one attached hydrogen (secondary N) is 2. The van der Waals surface area contributed by atoms with Crippen LogP contribution in [-0.4, -0.2) is 52.8 Å². The molecule has 2 N–H and O–H groups in total. The maximum atomic E-state index is 4.78. The molecule has 4 rings (SSSR count). The predicted molar refractivity (Wildman–Crippen MR) is 138 cm³/mol. The summed E-state index contributed by atoms with van der Waals surface area (Å²) in [7, 11) is 0. The lowest BCUT2D eigenvalue weighted by molar-refractivity contribution is 0.646. The van der Waals surface area contributed by atoms with Crippen molar-refractivity contribution >= 4 is 41.3 Å². The summed E-state index contributed by atoms with van der Waals surface area (Å²) in [5, 5.41) is 15.5. The monoisotopic (exact) mass is 533 g/mol. The van der Waals surface area contributed by atoms with Gasteiger partial charge in [-0.15, -0.1) is 34.2 Å². The fourth-order valence-electron chi connectivity index (χ4n) is 3.87. The first-order chi connectivity index (χ1) is 14.7. The van der Waals surface area contributed by atoms with Gasteiger partial charge in [0.25, 0.3) is 0 Å². The first-order valence-electron chi connectivity index (χ1n) is 10.9. The van der Waals surface area contributed by atoms with Crippen molar-refractivity contribution in [2.45, 2.75) is 39.2 Å². The summed E-state index contributed by atoms with van der Waals surface area (Å²) >= 11 is 0. The smallest absolute Gasteiger partial charge is 0.191 e. The van der Waals surface area contributed by atoms with Gasteiger partial charge in [-0.1, -0.05) is 23.8 Å². The van der Waals surface area contributed by atoms with E-state index in [9.17, 15) is 0 Å². The number of fused-ring (bicyclic) bond motifs is 1. The summed E-state index contributed by atoms with van der Waals surface area (Å²) in [5.74, 6) is 1.89. The van der Waals surface area contributed by atoms with Crippen LogP contribution in [-0.2, 0) is 6.42 Å². The summed E-state index contributed by atoms with van der Waals surface area (Å²) in [6.45, 7) is 7.91. The molecule has 1 fully saturated rings. The number of hydrogen-bond donors (Lipinski definition) is 2. The Balaban J connectivity index is 0.00000272.